The van der Waals surface area contributed by atoms with Gasteiger partial charge in [0.15, 0.2) is 5.96 Å². The second-order valence-corrected chi connectivity index (χ2v) is 5.98. The Hall–Kier alpha value is -1.66. The number of aromatic nitrogens is 1. The molecule has 0 amide bonds. The first-order valence-corrected chi connectivity index (χ1v) is 8.83. The lowest BCUT2D eigenvalue weighted by Crippen LogP contribution is -2.40. The molecule has 0 aliphatic carbocycles. The number of aliphatic imine (C=N–C) groups is 1. The number of hydrogen-bond donors (Lipinski definition) is 1. The van der Waals surface area contributed by atoms with Crippen LogP contribution in [0.2, 0.25) is 0 Å². The number of nitrogens with one attached hydrogen (secondary N) is 1. The minimum absolute atomic E-state index is 0.571. The van der Waals surface area contributed by atoms with Gasteiger partial charge in [0.2, 0.25) is 0 Å². The fourth-order valence-electron chi connectivity index (χ4n) is 2.80. The molecule has 1 saturated heterocycles. The Morgan fingerprint density at radius 2 is 2.33 bits per heavy atom. The van der Waals surface area contributed by atoms with Gasteiger partial charge in [0.05, 0.1) is 19.8 Å². The number of rotatable bonds is 9. The van der Waals surface area contributed by atoms with Crippen molar-refractivity contribution < 1.29 is 9.47 Å². The molecule has 0 saturated carbocycles. The van der Waals surface area contributed by atoms with E-state index >= 15 is 0 Å². The van der Waals surface area contributed by atoms with Gasteiger partial charge in [0.25, 0.3) is 0 Å². The first-order valence-electron chi connectivity index (χ1n) is 8.83. The third-order valence-corrected chi connectivity index (χ3v) is 4.06. The SMILES string of the molecule is CCNC(=NCCc1ccccn1)N1CCC(COCCOC)C1. The van der Waals surface area contributed by atoms with Crippen LogP contribution in [0, 0.1) is 5.92 Å². The van der Waals surface area contributed by atoms with Gasteiger partial charge in [-0.05, 0) is 25.5 Å². The first-order chi connectivity index (χ1) is 11.8. The number of guanidine groups is 1. The summed E-state index contributed by atoms with van der Waals surface area (Å²) in [7, 11) is 1.70. The van der Waals surface area contributed by atoms with Crippen LogP contribution in [0.5, 0.6) is 0 Å². The van der Waals surface area contributed by atoms with Crippen molar-refractivity contribution in [2.75, 3.05) is 53.1 Å². The molecular weight excluding hydrogens is 304 g/mol. The molecule has 24 heavy (non-hydrogen) atoms. The molecule has 1 N–H and O–H groups in total. The summed E-state index contributed by atoms with van der Waals surface area (Å²) in [4.78, 5) is 11.5. The molecule has 2 rings (SSSR count). The largest absolute Gasteiger partial charge is 0.382 e. The summed E-state index contributed by atoms with van der Waals surface area (Å²) in [5.74, 6) is 1.58. The van der Waals surface area contributed by atoms with Gasteiger partial charge in [0, 0.05) is 57.5 Å². The quantitative estimate of drug-likeness (QED) is 0.422. The van der Waals surface area contributed by atoms with E-state index in [0.717, 1.165) is 57.3 Å². The van der Waals surface area contributed by atoms with Crippen molar-refractivity contribution in [3.8, 4) is 0 Å². The Balaban J connectivity index is 1.78. The lowest BCUT2D eigenvalue weighted by atomic mass is 10.1. The molecule has 1 aromatic rings. The van der Waals surface area contributed by atoms with Crippen molar-refractivity contribution in [3.05, 3.63) is 30.1 Å². The van der Waals surface area contributed by atoms with E-state index in [1.807, 2.05) is 24.4 Å². The molecule has 6 heteroatoms. The van der Waals surface area contributed by atoms with Crippen molar-refractivity contribution in [1.82, 2.24) is 15.2 Å². The van der Waals surface area contributed by atoms with E-state index in [1.54, 1.807) is 7.11 Å². The Kier molecular flexibility index (Phi) is 8.55. The highest BCUT2D eigenvalue weighted by atomic mass is 16.5. The molecule has 0 bridgehead atoms. The zero-order chi connectivity index (χ0) is 17.0. The van der Waals surface area contributed by atoms with E-state index < -0.39 is 0 Å². The maximum absolute atomic E-state index is 5.66. The van der Waals surface area contributed by atoms with Crippen LogP contribution in [-0.2, 0) is 15.9 Å². The summed E-state index contributed by atoms with van der Waals surface area (Å²) < 4.78 is 10.7. The molecule has 1 aliphatic rings. The summed E-state index contributed by atoms with van der Waals surface area (Å²) in [6.45, 7) is 7.91. The number of hydrogen-bond acceptors (Lipinski definition) is 4. The van der Waals surface area contributed by atoms with E-state index in [1.165, 1.54) is 0 Å². The summed E-state index contributed by atoms with van der Waals surface area (Å²) in [5.41, 5.74) is 1.09. The third kappa shape index (κ3) is 6.45. The molecule has 0 aromatic carbocycles. The first kappa shape index (κ1) is 18.7. The molecule has 6 nitrogen and oxygen atoms in total. The maximum atomic E-state index is 5.66. The monoisotopic (exact) mass is 334 g/mol. The molecule has 0 radical (unpaired) electrons. The third-order valence-electron chi connectivity index (χ3n) is 4.06. The van der Waals surface area contributed by atoms with Crippen LogP contribution in [0.15, 0.2) is 29.4 Å². The predicted octanol–water partition coefficient (Wildman–Crippen LogP) is 1.57. The number of methoxy groups -OCH3 is 1. The van der Waals surface area contributed by atoms with Gasteiger partial charge in [-0.1, -0.05) is 6.07 Å². The van der Waals surface area contributed by atoms with E-state index in [-0.39, 0.29) is 0 Å². The number of nitrogens with zero attached hydrogens (tertiary/aromatic N) is 3. The maximum Gasteiger partial charge on any atom is 0.193 e. The molecule has 1 atom stereocenters. The zero-order valence-corrected chi connectivity index (χ0v) is 14.9. The topological polar surface area (TPSA) is 59.0 Å². The molecule has 134 valence electrons. The highest BCUT2D eigenvalue weighted by Crippen LogP contribution is 2.16. The summed E-state index contributed by atoms with van der Waals surface area (Å²) in [5, 5.41) is 3.40. The van der Waals surface area contributed by atoms with Crippen LogP contribution in [0.3, 0.4) is 0 Å². The van der Waals surface area contributed by atoms with Crippen molar-refractivity contribution in [2.24, 2.45) is 10.9 Å². The second kappa shape index (κ2) is 11.0. The van der Waals surface area contributed by atoms with Crippen LogP contribution in [0.25, 0.3) is 0 Å². The molecule has 1 aromatic heterocycles. The fraction of sp³-hybridized carbons (Fsp3) is 0.667. The predicted molar refractivity (Wildman–Crippen MR) is 96.3 cm³/mol. The van der Waals surface area contributed by atoms with Crippen LogP contribution < -0.4 is 5.32 Å². The van der Waals surface area contributed by atoms with Crippen molar-refractivity contribution >= 4 is 5.96 Å². The average molecular weight is 334 g/mol. The molecular formula is C18H30N4O2. The smallest absolute Gasteiger partial charge is 0.193 e. The number of pyridine rings is 1. The standard InChI is InChI=1S/C18H30N4O2/c1-3-19-18(21-10-7-17-6-4-5-9-20-17)22-11-8-16(14-22)15-24-13-12-23-2/h4-6,9,16H,3,7-8,10-15H2,1-2H3,(H,19,21). The van der Waals surface area contributed by atoms with Crippen molar-refractivity contribution in [2.45, 2.75) is 19.8 Å². The van der Waals surface area contributed by atoms with Gasteiger partial charge in [0.1, 0.15) is 0 Å². The van der Waals surface area contributed by atoms with Crippen LogP contribution >= 0.6 is 0 Å². The van der Waals surface area contributed by atoms with Gasteiger partial charge >= 0.3 is 0 Å². The van der Waals surface area contributed by atoms with E-state index in [2.05, 4.69) is 22.1 Å². The molecule has 2 heterocycles. The Labute approximate surface area is 145 Å². The van der Waals surface area contributed by atoms with Gasteiger partial charge in [-0.3, -0.25) is 9.98 Å². The normalized spacial score (nSPS) is 18.2. The van der Waals surface area contributed by atoms with Gasteiger partial charge < -0.3 is 19.7 Å². The van der Waals surface area contributed by atoms with E-state index in [4.69, 9.17) is 14.5 Å². The summed E-state index contributed by atoms with van der Waals surface area (Å²) >= 11 is 0. The van der Waals surface area contributed by atoms with Gasteiger partial charge in [-0.15, -0.1) is 0 Å². The highest BCUT2D eigenvalue weighted by Gasteiger charge is 2.24. The van der Waals surface area contributed by atoms with E-state index in [9.17, 15) is 0 Å². The average Bonchev–Trinajstić information content (AvgIpc) is 3.08. The summed E-state index contributed by atoms with van der Waals surface area (Å²) in [6, 6.07) is 6.01. The Morgan fingerprint density at radius 1 is 1.42 bits per heavy atom. The molecule has 1 fully saturated rings. The second-order valence-electron chi connectivity index (χ2n) is 5.98. The number of ether oxygens (including phenoxy) is 2. The minimum Gasteiger partial charge on any atom is -0.382 e. The van der Waals surface area contributed by atoms with Crippen molar-refractivity contribution in [1.29, 1.82) is 0 Å². The summed E-state index contributed by atoms with van der Waals surface area (Å²) in [6.07, 6.45) is 3.85. The lowest BCUT2D eigenvalue weighted by molar-refractivity contribution is 0.0536. The molecule has 1 aliphatic heterocycles. The van der Waals surface area contributed by atoms with Crippen LogP contribution in [0.4, 0.5) is 0 Å². The Morgan fingerprint density at radius 3 is 3.08 bits per heavy atom. The van der Waals surface area contributed by atoms with Gasteiger partial charge in [-0.2, -0.15) is 0 Å². The molecule has 1 unspecified atom stereocenters. The minimum atomic E-state index is 0.571. The number of likely N-dealkylation sites (tertiary alicyclic amines) is 1. The van der Waals surface area contributed by atoms with Crippen molar-refractivity contribution in [3.63, 3.8) is 0 Å². The fourth-order valence-corrected chi connectivity index (χ4v) is 2.80. The highest BCUT2D eigenvalue weighted by molar-refractivity contribution is 5.80. The van der Waals surface area contributed by atoms with Gasteiger partial charge in [-0.25, -0.2) is 0 Å². The zero-order valence-electron chi connectivity index (χ0n) is 14.9. The lowest BCUT2D eigenvalue weighted by Gasteiger charge is -2.21. The van der Waals surface area contributed by atoms with Crippen LogP contribution in [0.1, 0.15) is 19.0 Å². The van der Waals surface area contributed by atoms with Crippen LogP contribution in [-0.4, -0.2) is 69.0 Å². The van der Waals surface area contributed by atoms with E-state index in [0.29, 0.717) is 19.1 Å². The molecule has 0 spiro atoms. The Bertz CT molecular complexity index is 481.